The van der Waals surface area contributed by atoms with E-state index in [1.165, 1.54) is 7.11 Å². The van der Waals surface area contributed by atoms with Gasteiger partial charge in [-0.05, 0) is 30.2 Å². The molecule has 0 aromatic heterocycles. The minimum Gasteiger partial charge on any atom is -0.468 e. The van der Waals surface area contributed by atoms with Crippen LogP contribution in [-0.2, 0) is 9.53 Å². The Balaban J connectivity index is 2.25. The number of hydrogen-bond acceptors (Lipinski definition) is 5. The Morgan fingerprint density at radius 1 is 1.11 bits per heavy atom. The van der Waals surface area contributed by atoms with E-state index in [1.807, 2.05) is 54.6 Å². The van der Waals surface area contributed by atoms with Gasteiger partial charge in [0.1, 0.15) is 11.6 Å². The molecule has 27 heavy (non-hydrogen) atoms. The van der Waals surface area contributed by atoms with Crippen molar-refractivity contribution in [3.8, 4) is 0 Å². The van der Waals surface area contributed by atoms with Gasteiger partial charge in [0.15, 0.2) is 0 Å². The molecule has 1 fully saturated rings. The average Bonchev–Trinajstić information content (AvgIpc) is 2.92. The maximum absolute atomic E-state index is 12.8. The van der Waals surface area contributed by atoms with Gasteiger partial charge >= 0.3 is 5.97 Å². The van der Waals surface area contributed by atoms with Crippen LogP contribution in [0.1, 0.15) is 36.9 Å². The number of benzene rings is 2. The van der Waals surface area contributed by atoms with Gasteiger partial charge in [0.25, 0.3) is 0 Å². The highest BCUT2D eigenvalue weighted by atomic mass is 79.9. The Bertz CT molecular complexity index is 858. The lowest BCUT2D eigenvalue weighted by atomic mass is 9.70. The monoisotopic (exact) mass is 432 g/mol. The van der Waals surface area contributed by atoms with Crippen molar-refractivity contribution in [3.63, 3.8) is 0 Å². The number of ether oxygens (including phenoxy) is 1. The summed E-state index contributed by atoms with van der Waals surface area (Å²) in [7, 11) is 1.30. The van der Waals surface area contributed by atoms with Gasteiger partial charge in [-0.15, -0.1) is 0 Å². The lowest BCUT2D eigenvalue weighted by Gasteiger charge is -2.32. The maximum atomic E-state index is 12.8. The van der Waals surface area contributed by atoms with Crippen molar-refractivity contribution in [2.75, 3.05) is 7.11 Å². The molecule has 7 heteroatoms. The fourth-order valence-electron chi connectivity index (χ4n) is 4.27. The fraction of sp³-hybridized carbons (Fsp3) is 0.350. The van der Waals surface area contributed by atoms with E-state index < -0.39 is 29.0 Å². The molecule has 1 saturated heterocycles. The van der Waals surface area contributed by atoms with Crippen LogP contribution < -0.4 is 5.32 Å². The van der Waals surface area contributed by atoms with Gasteiger partial charge in [-0.2, -0.15) is 0 Å². The van der Waals surface area contributed by atoms with Gasteiger partial charge in [0.05, 0.1) is 13.0 Å². The molecule has 0 unspecified atom stereocenters. The molecule has 6 nitrogen and oxygen atoms in total. The summed E-state index contributed by atoms with van der Waals surface area (Å²) in [5.41, 5.74) is -1.26. The zero-order valence-corrected chi connectivity index (χ0v) is 16.9. The SMILES string of the molecule is COC(=O)[C@@]1(C)N[C@@H](c2ccccc2)[C@@](C)([N+](=O)[O-])[C@@H]1c1ccc(Br)cc1. The minimum absolute atomic E-state index is 0.279. The smallest absolute Gasteiger partial charge is 0.326 e. The summed E-state index contributed by atoms with van der Waals surface area (Å²) in [4.78, 5) is 24.8. The summed E-state index contributed by atoms with van der Waals surface area (Å²) in [6, 6.07) is 15.8. The highest BCUT2D eigenvalue weighted by molar-refractivity contribution is 9.10. The first-order valence-electron chi connectivity index (χ1n) is 8.56. The van der Waals surface area contributed by atoms with Crippen LogP contribution in [0.4, 0.5) is 0 Å². The highest BCUT2D eigenvalue weighted by Crippen LogP contribution is 2.53. The topological polar surface area (TPSA) is 81.5 Å². The van der Waals surface area contributed by atoms with E-state index in [1.54, 1.807) is 13.8 Å². The number of nitrogens with zero attached hydrogens (tertiary/aromatic N) is 1. The number of nitro groups is 1. The van der Waals surface area contributed by atoms with E-state index in [9.17, 15) is 14.9 Å². The lowest BCUT2D eigenvalue weighted by molar-refractivity contribution is -0.571. The molecule has 4 atom stereocenters. The van der Waals surface area contributed by atoms with Crippen LogP contribution in [0.15, 0.2) is 59.1 Å². The molecular formula is C20H21BrN2O4. The fourth-order valence-corrected chi connectivity index (χ4v) is 4.54. The van der Waals surface area contributed by atoms with Crippen LogP contribution in [0.3, 0.4) is 0 Å². The highest BCUT2D eigenvalue weighted by Gasteiger charge is 2.69. The first-order valence-corrected chi connectivity index (χ1v) is 9.35. The standard InChI is InChI=1S/C20H21BrN2O4/c1-19(18(24)27-3)16(13-9-11-15(21)12-10-13)20(2,23(25)26)17(22-19)14-7-5-4-6-8-14/h4-12,16-17,22H,1-3H3/t16-,17+,19+,20+/m1/s1. The molecule has 0 bridgehead atoms. The molecular weight excluding hydrogens is 412 g/mol. The molecule has 1 N–H and O–H groups in total. The first kappa shape index (κ1) is 19.5. The van der Waals surface area contributed by atoms with E-state index in [2.05, 4.69) is 21.2 Å². The van der Waals surface area contributed by atoms with Gasteiger partial charge in [-0.3, -0.25) is 20.2 Å². The van der Waals surface area contributed by atoms with Crippen LogP contribution >= 0.6 is 15.9 Å². The molecule has 0 saturated carbocycles. The van der Waals surface area contributed by atoms with Crippen LogP contribution in [0, 0.1) is 10.1 Å². The van der Waals surface area contributed by atoms with Gasteiger partial charge in [-0.1, -0.05) is 58.4 Å². The second-order valence-electron chi connectivity index (χ2n) is 7.15. The number of nitrogens with one attached hydrogen (secondary N) is 1. The van der Waals surface area contributed by atoms with Gasteiger partial charge in [0.2, 0.25) is 5.54 Å². The van der Waals surface area contributed by atoms with Crippen molar-refractivity contribution in [2.24, 2.45) is 0 Å². The third-order valence-electron chi connectivity index (χ3n) is 5.53. The number of halogens is 1. The minimum atomic E-state index is -1.46. The Kier molecular flexibility index (Phi) is 5.10. The van der Waals surface area contributed by atoms with Crippen molar-refractivity contribution >= 4 is 21.9 Å². The van der Waals surface area contributed by atoms with Crippen molar-refractivity contribution in [2.45, 2.75) is 36.9 Å². The predicted octanol–water partition coefficient (Wildman–Crippen LogP) is 3.84. The molecule has 0 spiro atoms. The Morgan fingerprint density at radius 2 is 1.70 bits per heavy atom. The summed E-state index contributed by atoms with van der Waals surface area (Å²) < 4.78 is 5.90. The first-order chi connectivity index (χ1) is 12.7. The zero-order valence-electron chi connectivity index (χ0n) is 15.3. The Labute approximate surface area is 166 Å². The summed E-state index contributed by atoms with van der Waals surface area (Å²) in [6.45, 7) is 3.27. The largest absolute Gasteiger partial charge is 0.468 e. The lowest BCUT2D eigenvalue weighted by Crippen LogP contribution is -2.51. The number of esters is 1. The summed E-state index contributed by atoms with van der Waals surface area (Å²) in [5.74, 6) is -1.26. The number of methoxy groups -OCH3 is 1. The maximum Gasteiger partial charge on any atom is 0.326 e. The molecule has 1 aliphatic heterocycles. The summed E-state index contributed by atoms with van der Waals surface area (Å²) in [6.07, 6.45) is 0. The van der Waals surface area contributed by atoms with E-state index in [0.29, 0.717) is 5.56 Å². The average molecular weight is 433 g/mol. The number of hydrogen-bond donors (Lipinski definition) is 1. The van der Waals surface area contributed by atoms with Crippen LogP contribution in [0.2, 0.25) is 0 Å². The van der Waals surface area contributed by atoms with Crippen LogP contribution in [0.25, 0.3) is 0 Å². The van der Waals surface area contributed by atoms with Crippen molar-refractivity contribution in [1.82, 2.24) is 5.32 Å². The summed E-state index contributed by atoms with van der Waals surface area (Å²) in [5, 5.41) is 15.6. The second-order valence-corrected chi connectivity index (χ2v) is 8.07. The third-order valence-corrected chi connectivity index (χ3v) is 6.06. The predicted molar refractivity (Wildman–Crippen MR) is 105 cm³/mol. The van der Waals surface area contributed by atoms with E-state index in [0.717, 1.165) is 10.0 Å². The number of carbonyl (C=O) groups excluding carboxylic acids is 1. The van der Waals surface area contributed by atoms with E-state index >= 15 is 0 Å². The number of rotatable bonds is 4. The molecule has 142 valence electrons. The molecule has 3 rings (SSSR count). The molecule has 0 radical (unpaired) electrons. The van der Waals surface area contributed by atoms with Crippen LogP contribution in [-0.4, -0.2) is 29.1 Å². The van der Waals surface area contributed by atoms with E-state index in [-0.39, 0.29) is 4.92 Å². The summed E-state index contributed by atoms with van der Waals surface area (Å²) >= 11 is 3.39. The van der Waals surface area contributed by atoms with E-state index in [4.69, 9.17) is 4.74 Å². The van der Waals surface area contributed by atoms with Crippen LogP contribution in [0.5, 0.6) is 0 Å². The van der Waals surface area contributed by atoms with Gasteiger partial charge in [-0.25, -0.2) is 0 Å². The molecule has 1 heterocycles. The third kappa shape index (κ3) is 3.04. The molecule has 0 aliphatic carbocycles. The quantitative estimate of drug-likeness (QED) is 0.450. The zero-order chi connectivity index (χ0) is 19.8. The van der Waals surface area contributed by atoms with Crippen molar-refractivity contribution in [1.29, 1.82) is 0 Å². The molecule has 0 amide bonds. The Morgan fingerprint density at radius 3 is 2.22 bits per heavy atom. The van der Waals surface area contributed by atoms with Crippen molar-refractivity contribution in [3.05, 3.63) is 80.3 Å². The normalized spacial score (nSPS) is 30.1. The van der Waals surface area contributed by atoms with Crippen molar-refractivity contribution < 1.29 is 14.5 Å². The number of carbonyl (C=O) groups is 1. The molecule has 2 aromatic rings. The molecule has 2 aromatic carbocycles. The van der Waals surface area contributed by atoms with Gasteiger partial charge < -0.3 is 4.74 Å². The molecule has 1 aliphatic rings. The Hall–Kier alpha value is -2.25. The van der Waals surface area contributed by atoms with Gasteiger partial charge in [0, 0.05) is 16.3 Å². The second kappa shape index (κ2) is 7.05.